The molecule has 0 spiro atoms. The van der Waals surface area contributed by atoms with Gasteiger partial charge in [-0.1, -0.05) is 0 Å². The van der Waals surface area contributed by atoms with Gasteiger partial charge < -0.3 is 40.1 Å². The van der Waals surface area contributed by atoms with Crippen LogP contribution in [-0.2, 0) is 0 Å². The highest BCUT2D eigenvalue weighted by Gasteiger charge is 2.32. The molecule has 1 rings (SSSR count). The zero-order valence-electron chi connectivity index (χ0n) is 12.8. The molecular formula is C15H22O8. The third-order valence-electron chi connectivity index (χ3n) is 3.30. The van der Waals surface area contributed by atoms with Gasteiger partial charge in [0.15, 0.2) is 0 Å². The monoisotopic (exact) mass is 330 g/mol. The standard InChI is InChI=1S/C15H22O8/c1-22-9-4-3-8(12(6-9)23-2)5-10(17)13(19)15(21)14(20)11(18)7-16/h3-6,11,13-21H,7H2,1-2H3/t11-,13+,14-,15-/m1/s1. The average molecular weight is 330 g/mol. The molecule has 0 fully saturated rings. The second kappa shape index (κ2) is 8.70. The third-order valence-corrected chi connectivity index (χ3v) is 3.30. The lowest BCUT2D eigenvalue weighted by Gasteiger charge is -2.25. The van der Waals surface area contributed by atoms with Crippen molar-refractivity contribution in [2.75, 3.05) is 20.8 Å². The van der Waals surface area contributed by atoms with Crippen LogP contribution in [0.2, 0.25) is 0 Å². The normalized spacial score (nSPS) is 17.3. The van der Waals surface area contributed by atoms with E-state index >= 15 is 0 Å². The molecule has 0 unspecified atom stereocenters. The van der Waals surface area contributed by atoms with Crippen molar-refractivity contribution in [1.29, 1.82) is 0 Å². The van der Waals surface area contributed by atoms with E-state index in [1.807, 2.05) is 0 Å². The number of aliphatic hydroxyl groups is 6. The summed E-state index contributed by atoms with van der Waals surface area (Å²) >= 11 is 0. The fourth-order valence-electron chi connectivity index (χ4n) is 1.88. The first-order valence-electron chi connectivity index (χ1n) is 6.81. The smallest absolute Gasteiger partial charge is 0.139 e. The maximum absolute atomic E-state index is 9.90. The molecule has 0 saturated carbocycles. The molecule has 8 heteroatoms. The van der Waals surface area contributed by atoms with Crippen LogP contribution in [-0.4, -0.2) is 75.9 Å². The zero-order chi connectivity index (χ0) is 17.6. The van der Waals surface area contributed by atoms with Crippen molar-refractivity contribution in [1.82, 2.24) is 0 Å². The molecule has 0 radical (unpaired) electrons. The highest BCUT2D eigenvalue weighted by molar-refractivity contribution is 5.61. The quantitative estimate of drug-likeness (QED) is 0.335. The number of benzene rings is 1. The van der Waals surface area contributed by atoms with E-state index in [-0.39, 0.29) is 0 Å². The average Bonchev–Trinajstić information content (AvgIpc) is 2.58. The van der Waals surface area contributed by atoms with E-state index in [9.17, 15) is 25.5 Å². The molecule has 8 nitrogen and oxygen atoms in total. The highest BCUT2D eigenvalue weighted by Crippen LogP contribution is 2.27. The van der Waals surface area contributed by atoms with Crippen molar-refractivity contribution in [3.05, 3.63) is 29.5 Å². The molecule has 23 heavy (non-hydrogen) atoms. The van der Waals surface area contributed by atoms with Gasteiger partial charge in [0.25, 0.3) is 0 Å². The molecule has 1 aromatic rings. The summed E-state index contributed by atoms with van der Waals surface area (Å²) in [4.78, 5) is 0. The highest BCUT2D eigenvalue weighted by atomic mass is 16.5. The second-order valence-electron chi connectivity index (χ2n) is 4.85. The zero-order valence-corrected chi connectivity index (χ0v) is 12.8. The Morgan fingerprint density at radius 3 is 2.26 bits per heavy atom. The van der Waals surface area contributed by atoms with Crippen LogP contribution < -0.4 is 9.47 Å². The van der Waals surface area contributed by atoms with Crippen LogP contribution in [0, 0.1) is 0 Å². The van der Waals surface area contributed by atoms with Crippen molar-refractivity contribution in [2.24, 2.45) is 0 Å². The molecule has 0 aliphatic rings. The van der Waals surface area contributed by atoms with Crippen molar-refractivity contribution in [3.8, 4) is 11.5 Å². The Hall–Kier alpha value is -1.84. The minimum Gasteiger partial charge on any atom is -0.509 e. The fraction of sp³-hybridized carbons (Fsp3) is 0.467. The molecule has 0 bridgehead atoms. The van der Waals surface area contributed by atoms with Crippen LogP contribution in [0.5, 0.6) is 11.5 Å². The summed E-state index contributed by atoms with van der Waals surface area (Å²) in [6.45, 7) is -0.804. The molecule has 0 aliphatic carbocycles. The van der Waals surface area contributed by atoms with Crippen molar-refractivity contribution >= 4 is 6.08 Å². The molecule has 1 aromatic carbocycles. The third kappa shape index (κ3) is 4.81. The van der Waals surface area contributed by atoms with Crippen molar-refractivity contribution in [3.63, 3.8) is 0 Å². The maximum atomic E-state index is 9.90. The molecular weight excluding hydrogens is 308 g/mol. The second-order valence-corrected chi connectivity index (χ2v) is 4.85. The van der Waals surface area contributed by atoms with Gasteiger partial charge in [0.2, 0.25) is 0 Å². The molecule has 0 aliphatic heterocycles. The summed E-state index contributed by atoms with van der Waals surface area (Å²) < 4.78 is 10.2. The molecule has 0 heterocycles. The number of ether oxygens (including phenoxy) is 2. The Morgan fingerprint density at radius 1 is 1.09 bits per heavy atom. The number of aliphatic hydroxyl groups excluding tert-OH is 6. The van der Waals surface area contributed by atoms with E-state index in [1.165, 1.54) is 14.2 Å². The van der Waals surface area contributed by atoms with Crippen LogP contribution in [0.25, 0.3) is 6.08 Å². The summed E-state index contributed by atoms with van der Waals surface area (Å²) in [7, 11) is 2.89. The Labute approximate surface area is 133 Å². The molecule has 6 N–H and O–H groups in total. The first-order valence-corrected chi connectivity index (χ1v) is 6.81. The number of hydrogen-bond donors (Lipinski definition) is 6. The topological polar surface area (TPSA) is 140 Å². The summed E-state index contributed by atoms with van der Waals surface area (Å²) in [6, 6.07) is 4.73. The van der Waals surface area contributed by atoms with Gasteiger partial charge in [-0.25, -0.2) is 0 Å². The summed E-state index contributed by atoms with van der Waals surface area (Å²) in [5.74, 6) is 0.235. The SMILES string of the molecule is COc1ccc(C=C(O)[C@H](O)[C@@H](O)[C@H](O)[C@H](O)CO)c(OC)c1. The van der Waals surface area contributed by atoms with E-state index in [1.54, 1.807) is 18.2 Å². The van der Waals surface area contributed by atoms with E-state index < -0.39 is 36.8 Å². The van der Waals surface area contributed by atoms with E-state index in [4.69, 9.17) is 14.6 Å². The van der Waals surface area contributed by atoms with Crippen molar-refractivity contribution in [2.45, 2.75) is 24.4 Å². The van der Waals surface area contributed by atoms with E-state index in [0.717, 1.165) is 6.08 Å². The van der Waals surface area contributed by atoms with Gasteiger partial charge in [-0.2, -0.15) is 0 Å². The summed E-state index contributed by atoms with van der Waals surface area (Å²) in [6.07, 6.45) is -6.09. The Bertz CT molecular complexity index is 530. The Kier molecular flexibility index (Phi) is 7.27. The first kappa shape index (κ1) is 19.2. The predicted octanol–water partition coefficient (Wildman–Crippen LogP) is -0.961. The molecule has 0 saturated heterocycles. The molecule has 0 amide bonds. The van der Waals surface area contributed by atoms with Crippen LogP contribution in [0.3, 0.4) is 0 Å². The van der Waals surface area contributed by atoms with Gasteiger partial charge in [0.05, 0.1) is 20.8 Å². The van der Waals surface area contributed by atoms with Crippen LogP contribution >= 0.6 is 0 Å². The number of rotatable bonds is 8. The van der Waals surface area contributed by atoms with Crippen LogP contribution in [0.15, 0.2) is 24.0 Å². The Balaban J connectivity index is 2.99. The summed E-state index contributed by atoms with van der Waals surface area (Å²) in [5, 5.41) is 57.0. The van der Waals surface area contributed by atoms with E-state index in [0.29, 0.717) is 17.1 Å². The van der Waals surface area contributed by atoms with Gasteiger partial charge in [0, 0.05) is 11.6 Å². The lowest BCUT2D eigenvalue weighted by atomic mass is 10.0. The molecule has 130 valence electrons. The lowest BCUT2D eigenvalue weighted by molar-refractivity contribution is -0.112. The number of hydrogen-bond acceptors (Lipinski definition) is 8. The van der Waals surface area contributed by atoms with Gasteiger partial charge in [-0.3, -0.25) is 0 Å². The summed E-state index contributed by atoms with van der Waals surface area (Å²) in [5.41, 5.74) is 0.397. The van der Waals surface area contributed by atoms with Crippen LogP contribution in [0.4, 0.5) is 0 Å². The lowest BCUT2D eigenvalue weighted by Crippen LogP contribution is -2.46. The van der Waals surface area contributed by atoms with Gasteiger partial charge in [-0.05, 0) is 18.2 Å². The molecule has 4 atom stereocenters. The van der Waals surface area contributed by atoms with Crippen molar-refractivity contribution < 1.29 is 40.1 Å². The molecule has 0 aromatic heterocycles. The first-order chi connectivity index (χ1) is 10.8. The van der Waals surface area contributed by atoms with Gasteiger partial charge >= 0.3 is 0 Å². The Morgan fingerprint density at radius 2 is 1.74 bits per heavy atom. The number of methoxy groups -OCH3 is 2. The van der Waals surface area contributed by atoms with Crippen LogP contribution in [0.1, 0.15) is 5.56 Å². The minimum absolute atomic E-state index is 0.355. The van der Waals surface area contributed by atoms with E-state index in [2.05, 4.69) is 0 Å². The fourth-order valence-corrected chi connectivity index (χ4v) is 1.88. The predicted molar refractivity (Wildman–Crippen MR) is 81.3 cm³/mol. The minimum atomic E-state index is -1.89. The maximum Gasteiger partial charge on any atom is 0.139 e. The van der Waals surface area contributed by atoms with Gasteiger partial charge in [-0.15, -0.1) is 0 Å². The largest absolute Gasteiger partial charge is 0.509 e. The van der Waals surface area contributed by atoms with Gasteiger partial charge in [0.1, 0.15) is 41.7 Å².